The summed E-state index contributed by atoms with van der Waals surface area (Å²) in [5.41, 5.74) is 8.52. The predicted molar refractivity (Wildman–Crippen MR) is 79.4 cm³/mol. The van der Waals surface area contributed by atoms with Gasteiger partial charge < -0.3 is 10.6 Å². The second-order valence-electron chi connectivity index (χ2n) is 5.25. The van der Waals surface area contributed by atoms with E-state index in [1.807, 2.05) is 19.1 Å². The summed E-state index contributed by atoms with van der Waals surface area (Å²) < 4.78 is 0. The molecule has 0 radical (unpaired) electrons. The number of hydrogen-bond donors (Lipinski definition) is 1. The minimum absolute atomic E-state index is 0.0316. The molecule has 1 atom stereocenters. The summed E-state index contributed by atoms with van der Waals surface area (Å²) >= 11 is 6.08. The second kappa shape index (κ2) is 6.44. The number of rotatable bonds is 2. The van der Waals surface area contributed by atoms with Crippen LogP contribution in [0, 0.1) is 0 Å². The van der Waals surface area contributed by atoms with Crippen molar-refractivity contribution < 1.29 is 0 Å². The SMILES string of the molecule is C[C@@H](N)c1cc(Cl)ccc1N1CCCCCCC1. The van der Waals surface area contributed by atoms with Crippen molar-refractivity contribution in [3.8, 4) is 0 Å². The van der Waals surface area contributed by atoms with Gasteiger partial charge in [0.2, 0.25) is 0 Å². The Balaban J connectivity index is 2.24. The van der Waals surface area contributed by atoms with Crippen molar-refractivity contribution in [1.82, 2.24) is 0 Å². The molecule has 0 unspecified atom stereocenters. The molecule has 0 amide bonds. The Labute approximate surface area is 115 Å². The van der Waals surface area contributed by atoms with Crippen LogP contribution in [0.5, 0.6) is 0 Å². The van der Waals surface area contributed by atoms with Crippen LogP contribution in [0.3, 0.4) is 0 Å². The zero-order chi connectivity index (χ0) is 13.0. The van der Waals surface area contributed by atoms with Crippen LogP contribution in [0.15, 0.2) is 18.2 Å². The Hall–Kier alpha value is -0.730. The van der Waals surface area contributed by atoms with E-state index >= 15 is 0 Å². The summed E-state index contributed by atoms with van der Waals surface area (Å²) in [5.74, 6) is 0. The standard InChI is InChI=1S/C15H23ClN2/c1-12(17)14-11-13(16)7-8-15(14)18-9-5-3-2-4-6-10-18/h7-8,11-12H,2-6,9-10,17H2,1H3/t12-/m1/s1. The number of nitrogens with two attached hydrogens (primary N) is 1. The molecule has 2 N–H and O–H groups in total. The Bertz CT molecular complexity index is 382. The van der Waals surface area contributed by atoms with Crippen LogP contribution >= 0.6 is 11.6 Å². The first-order valence-electron chi connectivity index (χ1n) is 6.98. The van der Waals surface area contributed by atoms with E-state index in [0.29, 0.717) is 0 Å². The van der Waals surface area contributed by atoms with Crippen LogP contribution < -0.4 is 10.6 Å². The average Bonchev–Trinajstić information content (AvgIpc) is 2.29. The number of anilines is 1. The molecule has 1 aromatic carbocycles. The summed E-state index contributed by atoms with van der Waals surface area (Å²) in [7, 11) is 0. The first-order valence-corrected chi connectivity index (χ1v) is 7.36. The number of hydrogen-bond acceptors (Lipinski definition) is 2. The van der Waals surface area contributed by atoms with Crippen molar-refractivity contribution in [3.05, 3.63) is 28.8 Å². The van der Waals surface area contributed by atoms with Crippen molar-refractivity contribution in [2.24, 2.45) is 5.73 Å². The third kappa shape index (κ3) is 3.39. The smallest absolute Gasteiger partial charge is 0.0415 e. The quantitative estimate of drug-likeness (QED) is 0.872. The normalized spacial score (nSPS) is 19.2. The number of halogens is 1. The molecular weight excluding hydrogens is 244 g/mol. The van der Waals surface area contributed by atoms with Gasteiger partial charge in [0.15, 0.2) is 0 Å². The van der Waals surface area contributed by atoms with E-state index in [9.17, 15) is 0 Å². The van der Waals surface area contributed by atoms with Crippen LogP contribution in [0.1, 0.15) is 50.6 Å². The Kier molecular flexibility index (Phi) is 4.90. The van der Waals surface area contributed by atoms with Gasteiger partial charge in [0, 0.05) is 29.8 Å². The molecule has 1 aliphatic heterocycles. The minimum atomic E-state index is 0.0316. The zero-order valence-corrected chi connectivity index (χ0v) is 11.9. The third-order valence-corrected chi connectivity index (χ3v) is 3.91. The van der Waals surface area contributed by atoms with Crippen LogP contribution in [0.4, 0.5) is 5.69 Å². The van der Waals surface area contributed by atoms with Gasteiger partial charge in [-0.05, 0) is 43.5 Å². The highest BCUT2D eigenvalue weighted by Gasteiger charge is 2.15. The van der Waals surface area contributed by atoms with E-state index in [1.165, 1.54) is 43.4 Å². The molecule has 2 rings (SSSR count). The predicted octanol–water partition coefficient (Wildman–Crippen LogP) is 4.13. The number of nitrogens with zero attached hydrogens (tertiary/aromatic N) is 1. The van der Waals surface area contributed by atoms with Gasteiger partial charge in [-0.2, -0.15) is 0 Å². The maximum atomic E-state index is 6.08. The summed E-state index contributed by atoms with van der Waals surface area (Å²) in [5, 5.41) is 0.776. The molecule has 3 heteroatoms. The van der Waals surface area contributed by atoms with Gasteiger partial charge in [-0.3, -0.25) is 0 Å². The monoisotopic (exact) mass is 266 g/mol. The fraction of sp³-hybridized carbons (Fsp3) is 0.600. The van der Waals surface area contributed by atoms with Crippen molar-refractivity contribution in [2.45, 2.75) is 45.1 Å². The van der Waals surface area contributed by atoms with Crippen molar-refractivity contribution in [1.29, 1.82) is 0 Å². The molecule has 2 nitrogen and oxygen atoms in total. The molecule has 1 heterocycles. The minimum Gasteiger partial charge on any atom is -0.371 e. The average molecular weight is 267 g/mol. The van der Waals surface area contributed by atoms with E-state index in [4.69, 9.17) is 17.3 Å². The molecule has 0 saturated carbocycles. The lowest BCUT2D eigenvalue weighted by Crippen LogP contribution is -2.28. The zero-order valence-electron chi connectivity index (χ0n) is 11.2. The largest absolute Gasteiger partial charge is 0.371 e. The van der Waals surface area contributed by atoms with Gasteiger partial charge >= 0.3 is 0 Å². The molecule has 0 aliphatic carbocycles. The van der Waals surface area contributed by atoms with Crippen molar-refractivity contribution >= 4 is 17.3 Å². The third-order valence-electron chi connectivity index (χ3n) is 3.68. The second-order valence-corrected chi connectivity index (χ2v) is 5.68. The topological polar surface area (TPSA) is 29.3 Å². The van der Waals surface area contributed by atoms with Gasteiger partial charge in [0.25, 0.3) is 0 Å². The lowest BCUT2D eigenvalue weighted by atomic mass is 10.0. The molecule has 0 bridgehead atoms. The van der Waals surface area contributed by atoms with E-state index < -0.39 is 0 Å². The summed E-state index contributed by atoms with van der Waals surface area (Å²) in [6.45, 7) is 4.31. The van der Waals surface area contributed by atoms with E-state index in [0.717, 1.165) is 18.1 Å². The van der Waals surface area contributed by atoms with Crippen LogP contribution in [-0.2, 0) is 0 Å². The van der Waals surface area contributed by atoms with Gasteiger partial charge in [-0.15, -0.1) is 0 Å². The molecule has 100 valence electrons. The van der Waals surface area contributed by atoms with Gasteiger partial charge in [-0.25, -0.2) is 0 Å². The lowest BCUT2D eigenvalue weighted by Gasteiger charge is -2.30. The van der Waals surface area contributed by atoms with Gasteiger partial charge in [0.05, 0.1) is 0 Å². The first kappa shape index (κ1) is 13.7. The Morgan fingerprint density at radius 3 is 2.33 bits per heavy atom. The summed E-state index contributed by atoms with van der Waals surface area (Å²) in [4.78, 5) is 2.48. The lowest BCUT2D eigenvalue weighted by molar-refractivity contribution is 0.555. The van der Waals surface area contributed by atoms with E-state index in [2.05, 4.69) is 11.0 Å². The molecule has 1 saturated heterocycles. The Morgan fingerprint density at radius 2 is 1.72 bits per heavy atom. The fourth-order valence-corrected chi connectivity index (χ4v) is 2.85. The highest BCUT2D eigenvalue weighted by Crippen LogP contribution is 2.29. The van der Waals surface area contributed by atoms with Crippen molar-refractivity contribution in [3.63, 3.8) is 0 Å². The molecule has 1 aromatic rings. The molecule has 1 fully saturated rings. The molecule has 0 spiro atoms. The maximum absolute atomic E-state index is 6.08. The first-order chi connectivity index (χ1) is 8.68. The van der Waals surface area contributed by atoms with Gasteiger partial charge in [-0.1, -0.05) is 30.9 Å². The summed E-state index contributed by atoms with van der Waals surface area (Å²) in [6, 6.07) is 6.15. The molecular formula is C15H23ClN2. The molecule has 1 aliphatic rings. The Morgan fingerprint density at radius 1 is 1.11 bits per heavy atom. The fourth-order valence-electron chi connectivity index (χ4n) is 2.67. The van der Waals surface area contributed by atoms with E-state index in [-0.39, 0.29) is 6.04 Å². The highest BCUT2D eigenvalue weighted by molar-refractivity contribution is 6.30. The van der Waals surface area contributed by atoms with Crippen molar-refractivity contribution in [2.75, 3.05) is 18.0 Å². The summed E-state index contributed by atoms with van der Waals surface area (Å²) in [6.07, 6.45) is 6.63. The van der Waals surface area contributed by atoms with E-state index in [1.54, 1.807) is 0 Å². The van der Waals surface area contributed by atoms with Crippen LogP contribution in [0.2, 0.25) is 5.02 Å². The highest BCUT2D eigenvalue weighted by atomic mass is 35.5. The molecule has 0 aromatic heterocycles. The maximum Gasteiger partial charge on any atom is 0.0415 e. The van der Waals surface area contributed by atoms with Crippen LogP contribution in [-0.4, -0.2) is 13.1 Å². The van der Waals surface area contributed by atoms with Crippen LogP contribution in [0.25, 0.3) is 0 Å². The van der Waals surface area contributed by atoms with Gasteiger partial charge in [0.1, 0.15) is 0 Å². The molecule has 18 heavy (non-hydrogen) atoms. The number of benzene rings is 1.